The number of nitrogens with one attached hydrogen (secondary N) is 1. The van der Waals surface area contributed by atoms with E-state index >= 15 is 0 Å². The second-order valence-electron chi connectivity index (χ2n) is 5.29. The zero-order chi connectivity index (χ0) is 16.1. The van der Waals surface area contributed by atoms with E-state index in [1.807, 2.05) is 54.9 Å². The largest absolute Gasteiger partial charge is 0.467 e. The van der Waals surface area contributed by atoms with Crippen LogP contribution < -0.4 is 5.32 Å². The number of aromatic nitrogens is 1. The molecular weight excluding hydrogens is 308 g/mol. The number of benzene rings is 1. The first kappa shape index (κ1) is 15.5. The Labute approximate surface area is 139 Å². The van der Waals surface area contributed by atoms with Gasteiger partial charge in [-0.15, -0.1) is 11.3 Å². The Kier molecular flexibility index (Phi) is 4.88. The van der Waals surface area contributed by atoms with E-state index in [0.717, 1.165) is 21.9 Å². The molecule has 0 radical (unpaired) electrons. The molecule has 0 unspecified atom stereocenters. The maximum atomic E-state index is 12.4. The van der Waals surface area contributed by atoms with Gasteiger partial charge in [0.25, 0.3) is 0 Å². The number of hydrogen-bond donors (Lipinski definition) is 1. The lowest BCUT2D eigenvalue weighted by Crippen LogP contribution is -2.29. The van der Waals surface area contributed by atoms with Gasteiger partial charge in [0.15, 0.2) is 0 Å². The summed E-state index contributed by atoms with van der Waals surface area (Å²) in [6.07, 6.45) is 2.77. The molecule has 1 atom stereocenters. The zero-order valence-electron chi connectivity index (χ0n) is 12.9. The van der Waals surface area contributed by atoms with Crippen LogP contribution in [0, 0.1) is 6.92 Å². The topological polar surface area (TPSA) is 55.1 Å². The summed E-state index contributed by atoms with van der Waals surface area (Å²) in [6.45, 7) is 1.97. The summed E-state index contributed by atoms with van der Waals surface area (Å²) in [7, 11) is 0. The SMILES string of the molecule is Cc1ncsc1CCC(=O)N[C@@H](c1ccccc1)c1ccco1. The molecule has 3 aromatic rings. The highest BCUT2D eigenvalue weighted by atomic mass is 32.1. The predicted molar refractivity (Wildman–Crippen MR) is 90.3 cm³/mol. The molecule has 23 heavy (non-hydrogen) atoms. The molecule has 3 rings (SSSR count). The van der Waals surface area contributed by atoms with Gasteiger partial charge in [-0.1, -0.05) is 30.3 Å². The number of thiazole rings is 1. The van der Waals surface area contributed by atoms with Crippen LogP contribution in [-0.4, -0.2) is 10.9 Å². The highest BCUT2D eigenvalue weighted by molar-refractivity contribution is 7.09. The van der Waals surface area contributed by atoms with Crippen LogP contribution in [0.1, 0.15) is 34.4 Å². The molecule has 0 fully saturated rings. The molecule has 1 aromatic carbocycles. The third-order valence-electron chi connectivity index (χ3n) is 3.69. The van der Waals surface area contributed by atoms with E-state index in [9.17, 15) is 4.79 Å². The Bertz CT molecular complexity index is 750. The third kappa shape index (κ3) is 3.87. The van der Waals surface area contributed by atoms with Crippen molar-refractivity contribution < 1.29 is 9.21 Å². The van der Waals surface area contributed by atoms with E-state index in [1.54, 1.807) is 17.6 Å². The van der Waals surface area contributed by atoms with E-state index in [2.05, 4.69) is 10.3 Å². The Morgan fingerprint density at radius 3 is 2.74 bits per heavy atom. The van der Waals surface area contributed by atoms with Crippen molar-refractivity contribution in [3.05, 3.63) is 76.1 Å². The minimum Gasteiger partial charge on any atom is -0.467 e. The maximum Gasteiger partial charge on any atom is 0.221 e. The number of nitrogens with zero attached hydrogens (tertiary/aromatic N) is 1. The summed E-state index contributed by atoms with van der Waals surface area (Å²) in [4.78, 5) is 17.7. The van der Waals surface area contributed by atoms with Gasteiger partial charge >= 0.3 is 0 Å². The lowest BCUT2D eigenvalue weighted by molar-refractivity contribution is -0.121. The fourth-order valence-corrected chi connectivity index (χ4v) is 3.23. The summed E-state index contributed by atoms with van der Waals surface area (Å²) in [5.41, 5.74) is 3.83. The average Bonchev–Trinajstić information content (AvgIpc) is 3.23. The van der Waals surface area contributed by atoms with Crippen LogP contribution >= 0.6 is 11.3 Å². The van der Waals surface area contributed by atoms with Gasteiger partial charge in [0, 0.05) is 11.3 Å². The van der Waals surface area contributed by atoms with Gasteiger partial charge in [0.05, 0.1) is 17.5 Å². The maximum absolute atomic E-state index is 12.4. The van der Waals surface area contributed by atoms with Crippen molar-refractivity contribution in [2.24, 2.45) is 0 Å². The van der Waals surface area contributed by atoms with E-state index in [4.69, 9.17) is 4.42 Å². The lowest BCUT2D eigenvalue weighted by atomic mass is 10.0. The fourth-order valence-electron chi connectivity index (χ4n) is 2.45. The molecule has 5 heteroatoms. The van der Waals surface area contributed by atoms with Crippen molar-refractivity contribution >= 4 is 17.2 Å². The molecule has 0 bridgehead atoms. The number of furan rings is 1. The first-order valence-electron chi connectivity index (χ1n) is 7.50. The normalized spacial score (nSPS) is 12.0. The summed E-state index contributed by atoms with van der Waals surface area (Å²) >= 11 is 1.59. The van der Waals surface area contributed by atoms with E-state index < -0.39 is 0 Å². The Balaban J connectivity index is 1.69. The Morgan fingerprint density at radius 2 is 2.09 bits per heavy atom. The summed E-state index contributed by atoms with van der Waals surface area (Å²) < 4.78 is 5.50. The van der Waals surface area contributed by atoms with Crippen molar-refractivity contribution in [3.63, 3.8) is 0 Å². The van der Waals surface area contributed by atoms with Crippen LogP contribution in [0.5, 0.6) is 0 Å². The molecule has 118 valence electrons. The predicted octanol–water partition coefficient (Wildman–Crippen LogP) is 3.88. The number of aryl methyl sites for hydroxylation is 2. The van der Waals surface area contributed by atoms with Crippen molar-refractivity contribution in [1.82, 2.24) is 10.3 Å². The Hall–Kier alpha value is -2.40. The van der Waals surface area contributed by atoms with E-state index in [0.29, 0.717) is 12.8 Å². The highest BCUT2D eigenvalue weighted by Gasteiger charge is 2.19. The fraction of sp³-hybridized carbons (Fsp3) is 0.222. The van der Waals surface area contributed by atoms with Gasteiger partial charge in [-0.3, -0.25) is 4.79 Å². The number of rotatable bonds is 6. The quantitative estimate of drug-likeness (QED) is 0.748. The summed E-state index contributed by atoms with van der Waals surface area (Å²) in [6, 6.07) is 13.3. The number of carbonyl (C=O) groups is 1. The second-order valence-corrected chi connectivity index (χ2v) is 6.23. The molecule has 0 aliphatic heterocycles. The van der Waals surface area contributed by atoms with Gasteiger partial charge in [-0.2, -0.15) is 0 Å². The third-order valence-corrected chi connectivity index (χ3v) is 4.68. The molecule has 0 aliphatic rings. The standard InChI is InChI=1S/C18H18N2O2S/c1-13-16(23-12-19-13)9-10-17(21)20-18(15-8-5-11-22-15)14-6-3-2-4-7-14/h2-8,11-12,18H,9-10H2,1H3,(H,20,21)/t18-/m0/s1. The Morgan fingerprint density at radius 1 is 1.26 bits per heavy atom. The molecule has 0 aliphatic carbocycles. The summed E-state index contributed by atoms with van der Waals surface area (Å²) in [5.74, 6) is 0.738. The first-order chi connectivity index (χ1) is 11.2. The zero-order valence-corrected chi connectivity index (χ0v) is 13.7. The van der Waals surface area contributed by atoms with Crippen molar-refractivity contribution in [2.45, 2.75) is 25.8 Å². The van der Waals surface area contributed by atoms with Crippen LogP contribution in [-0.2, 0) is 11.2 Å². The lowest BCUT2D eigenvalue weighted by Gasteiger charge is -2.17. The molecule has 2 heterocycles. The molecular formula is C18H18N2O2S. The second kappa shape index (κ2) is 7.24. The van der Waals surface area contributed by atoms with Crippen LogP contribution in [0.4, 0.5) is 0 Å². The van der Waals surface area contributed by atoms with Crippen molar-refractivity contribution in [1.29, 1.82) is 0 Å². The molecule has 0 spiro atoms. The highest BCUT2D eigenvalue weighted by Crippen LogP contribution is 2.23. The minimum atomic E-state index is -0.263. The molecule has 0 saturated heterocycles. The smallest absolute Gasteiger partial charge is 0.221 e. The number of hydrogen-bond acceptors (Lipinski definition) is 4. The molecule has 2 aromatic heterocycles. The number of amides is 1. The van der Waals surface area contributed by atoms with Crippen LogP contribution in [0.25, 0.3) is 0 Å². The van der Waals surface area contributed by atoms with Gasteiger partial charge in [-0.25, -0.2) is 4.98 Å². The first-order valence-corrected chi connectivity index (χ1v) is 8.38. The van der Waals surface area contributed by atoms with Gasteiger partial charge < -0.3 is 9.73 Å². The van der Waals surface area contributed by atoms with Crippen LogP contribution in [0.3, 0.4) is 0 Å². The van der Waals surface area contributed by atoms with Gasteiger partial charge in [0.2, 0.25) is 5.91 Å². The van der Waals surface area contributed by atoms with E-state index in [1.165, 1.54) is 0 Å². The van der Waals surface area contributed by atoms with Crippen LogP contribution in [0.15, 0.2) is 58.7 Å². The molecule has 1 amide bonds. The van der Waals surface area contributed by atoms with E-state index in [-0.39, 0.29) is 11.9 Å². The van der Waals surface area contributed by atoms with Crippen LogP contribution in [0.2, 0.25) is 0 Å². The van der Waals surface area contributed by atoms with Crippen molar-refractivity contribution in [2.75, 3.05) is 0 Å². The van der Waals surface area contributed by atoms with Crippen molar-refractivity contribution in [3.8, 4) is 0 Å². The molecule has 4 nitrogen and oxygen atoms in total. The average molecular weight is 326 g/mol. The molecule has 0 saturated carbocycles. The monoisotopic (exact) mass is 326 g/mol. The van der Waals surface area contributed by atoms with Gasteiger partial charge in [0.1, 0.15) is 11.8 Å². The number of carbonyl (C=O) groups excluding carboxylic acids is 1. The summed E-state index contributed by atoms with van der Waals surface area (Å²) in [5, 5.41) is 3.07. The van der Waals surface area contributed by atoms with Gasteiger partial charge in [-0.05, 0) is 31.0 Å². The molecule has 1 N–H and O–H groups in total. The minimum absolute atomic E-state index is 0.00283.